The first-order valence-electron chi connectivity index (χ1n) is 6.26. The highest BCUT2D eigenvalue weighted by molar-refractivity contribution is 6.33. The molecule has 1 atom stereocenters. The Morgan fingerprint density at radius 1 is 1.42 bits per heavy atom. The Labute approximate surface area is 123 Å². The van der Waals surface area contributed by atoms with Crippen LogP contribution in [-0.4, -0.2) is 53.9 Å². The first-order valence-corrected chi connectivity index (χ1v) is 7.02. The molecule has 0 aromatic carbocycles. The van der Waals surface area contributed by atoms with Crippen LogP contribution < -0.4 is 0 Å². The first kappa shape index (κ1) is 14.6. The number of carbonyl (C=O) groups is 1. The SMILES string of the molecule is CN1CCCC(N(C)C(=O)c2cc(Cl)nc(Cl)c2)C1. The molecule has 1 unspecified atom stereocenters. The number of hydrogen-bond acceptors (Lipinski definition) is 3. The fourth-order valence-corrected chi connectivity index (χ4v) is 2.87. The second-order valence-corrected chi connectivity index (χ2v) is 5.75. The van der Waals surface area contributed by atoms with Crippen LogP contribution in [0.25, 0.3) is 0 Å². The molecule has 1 aromatic rings. The third-order valence-electron chi connectivity index (χ3n) is 3.48. The molecule has 4 nitrogen and oxygen atoms in total. The van der Waals surface area contributed by atoms with Gasteiger partial charge in [0.25, 0.3) is 5.91 Å². The van der Waals surface area contributed by atoms with Gasteiger partial charge in [0.2, 0.25) is 0 Å². The lowest BCUT2D eigenvalue weighted by atomic mass is 10.0. The molecule has 0 saturated carbocycles. The Morgan fingerprint density at radius 2 is 2.05 bits per heavy atom. The molecule has 1 fully saturated rings. The number of amides is 1. The molecule has 1 aliphatic heterocycles. The van der Waals surface area contributed by atoms with Crippen molar-refractivity contribution >= 4 is 29.1 Å². The van der Waals surface area contributed by atoms with Gasteiger partial charge in [-0.15, -0.1) is 0 Å². The maximum absolute atomic E-state index is 12.4. The lowest BCUT2D eigenvalue weighted by Gasteiger charge is -2.35. The molecular weight excluding hydrogens is 285 g/mol. The van der Waals surface area contributed by atoms with E-state index >= 15 is 0 Å². The minimum Gasteiger partial charge on any atom is -0.337 e. The van der Waals surface area contributed by atoms with Gasteiger partial charge < -0.3 is 9.80 Å². The zero-order valence-corrected chi connectivity index (χ0v) is 12.6. The van der Waals surface area contributed by atoms with E-state index in [0.29, 0.717) is 5.56 Å². The highest BCUT2D eigenvalue weighted by Gasteiger charge is 2.25. The van der Waals surface area contributed by atoms with Crippen LogP contribution in [0.4, 0.5) is 0 Å². The van der Waals surface area contributed by atoms with Crippen LogP contribution >= 0.6 is 23.2 Å². The second-order valence-electron chi connectivity index (χ2n) is 4.98. The van der Waals surface area contributed by atoms with Crippen molar-refractivity contribution in [2.75, 3.05) is 27.2 Å². The number of likely N-dealkylation sites (tertiary alicyclic amines) is 1. The van der Waals surface area contributed by atoms with E-state index in [1.807, 2.05) is 7.05 Å². The number of rotatable bonds is 2. The number of piperidine rings is 1. The van der Waals surface area contributed by atoms with Crippen LogP contribution in [-0.2, 0) is 0 Å². The van der Waals surface area contributed by atoms with E-state index in [4.69, 9.17) is 23.2 Å². The van der Waals surface area contributed by atoms with E-state index in [1.165, 1.54) is 0 Å². The van der Waals surface area contributed by atoms with Gasteiger partial charge in [0.15, 0.2) is 0 Å². The van der Waals surface area contributed by atoms with E-state index in [0.717, 1.165) is 25.9 Å². The third kappa shape index (κ3) is 3.59. The highest BCUT2D eigenvalue weighted by Crippen LogP contribution is 2.19. The van der Waals surface area contributed by atoms with Crippen molar-refractivity contribution in [1.82, 2.24) is 14.8 Å². The molecule has 1 aliphatic rings. The highest BCUT2D eigenvalue weighted by atomic mass is 35.5. The second kappa shape index (κ2) is 6.07. The summed E-state index contributed by atoms with van der Waals surface area (Å²) in [6.45, 7) is 1.99. The van der Waals surface area contributed by atoms with Gasteiger partial charge >= 0.3 is 0 Å². The zero-order chi connectivity index (χ0) is 14.0. The predicted octanol–water partition coefficient (Wildman–Crippen LogP) is 2.55. The largest absolute Gasteiger partial charge is 0.337 e. The van der Waals surface area contributed by atoms with Crippen LogP contribution in [0.3, 0.4) is 0 Å². The van der Waals surface area contributed by atoms with Gasteiger partial charge in [-0.1, -0.05) is 23.2 Å². The minimum atomic E-state index is -0.0634. The van der Waals surface area contributed by atoms with Crippen LogP contribution in [0.2, 0.25) is 10.3 Å². The summed E-state index contributed by atoms with van der Waals surface area (Å²) >= 11 is 11.7. The van der Waals surface area contributed by atoms with E-state index in [1.54, 1.807) is 17.0 Å². The zero-order valence-electron chi connectivity index (χ0n) is 11.1. The smallest absolute Gasteiger partial charge is 0.254 e. The summed E-state index contributed by atoms with van der Waals surface area (Å²) < 4.78 is 0. The van der Waals surface area contributed by atoms with Gasteiger partial charge in [-0.3, -0.25) is 4.79 Å². The number of likely N-dealkylation sites (N-methyl/N-ethyl adjacent to an activating group) is 2. The van der Waals surface area contributed by atoms with Crippen LogP contribution in [0, 0.1) is 0 Å². The van der Waals surface area contributed by atoms with Gasteiger partial charge in [-0.05, 0) is 38.6 Å². The van der Waals surface area contributed by atoms with E-state index < -0.39 is 0 Å². The molecule has 0 radical (unpaired) electrons. The van der Waals surface area contributed by atoms with Gasteiger partial charge in [0.1, 0.15) is 10.3 Å². The number of pyridine rings is 1. The Morgan fingerprint density at radius 3 is 2.63 bits per heavy atom. The van der Waals surface area contributed by atoms with Gasteiger partial charge in [0, 0.05) is 25.2 Å². The lowest BCUT2D eigenvalue weighted by molar-refractivity contribution is 0.0644. The van der Waals surface area contributed by atoms with Crippen molar-refractivity contribution in [3.05, 3.63) is 28.0 Å². The number of hydrogen-bond donors (Lipinski definition) is 0. The van der Waals surface area contributed by atoms with Crippen molar-refractivity contribution in [3.63, 3.8) is 0 Å². The molecule has 1 saturated heterocycles. The molecule has 6 heteroatoms. The number of carbonyl (C=O) groups excluding carboxylic acids is 1. The molecule has 19 heavy (non-hydrogen) atoms. The normalized spacial score (nSPS) is 20.3. The molecule has 104 valence electrons. The quantitative estimate of drug-likeness (QED) is 0.788. The van der Waals surface area contributed by atoms with Crippen molar-refractivity contribution in [3.8, 4) is 0 Å². The topological polar surface area (TPSA) is 36.4 Å². The molecule has 2 heterocycles. The molecule has 2 rings (SSSR count). The van der Waals surface area contributed by atoms with Gasteiger partial charge in [-0.25, -0.2) is 4.98 Å². The Kier molecular flexibility index (Phi) is 4.66. The van der Waals surface area contributed by atoms with Gasteiger partial charge in [-0.2, -0.15) is 0 Å². The summed E-state index contributed by atoms with van der Waals surface area (Å²) in [5.74, 6) is -0.0634. The van der Waals surface area contributed by atoms with Crippen molar-refractivity contribution < 1.29 is 4.79 Å². The fourth-order valence-electron chi connectivity index (χ4n) is 2.41. The molecular formula is C13H17Cl2N3O. The number of nitrogens with zero attached hydrogens (tertiary/aromatic N) is 3. The maximum atomic E-state index is 12.4. The molecule has 0 bridgehead atoms. The fraction of sp³-hybridized carbons (Fsp3) is 0.538. The first-order chi connectivity index (χ1) is 8.97. The summed E-state index contributed by atoms with van der Waals surface area (Å²) in [5, 5.41) is 0.482. The Bertz CT molecular complexity index is 461. The number of halogens is 2. The molecule has 0 N–H and O–H groups in total. The van der Waals surface area contributed by atoms with Crippen LogP contribution in [0.5, 0.6) is 0 Å². The predicted molar refractivity (Wildman–Crippen MR) is 76.9 cm³/mol. The molecule has 1 amide bonds. The standard InChI is InChI=1S/C13H17Cl2N3O/c1-17-5-3-4-10(8-17)18(2)13(19)9-6-11(14)16-12(15)7-9/h6-7,10H,3-5,8H2,1-2H3. The van der Waals surface area contributed by atoms with E-state index in [2.05, 4.69) is 16.9 Å². The number of aromatic nitrogens is 1. The molecule has 0 spiro atoms. The minimum absolute atomic E-state index is 0.0634. The maximum Gasteiger partial charge on any atom is 0.254 e. The molecule has 0 aliphatic carbocycles. The van der Waals surface area contributed by atoms with Gasteiger partial charge in [0.05, 0.1) is 0 Å². The van der Waals surface area contributed by atoms with E-state index in [9.17, 15) is 4.79 Å². The van der Waals surface area contributed by atoms with Crippen molar-refractivity contribution in [2.45, 2.75) is 18.9 Å². The summed E-state index contributed by atoms with van der Waals surface area (Å²) in [5.41, 5.74) is 0.487. The summed E-state index contributed by atoms with van der Waals surface area (Å²) in [6, 6.07) is 3.34. The van der Waals surface area contributed by atoms with Crippen molar-refractivity contribution in [1.29, 1.82) is 0 Å². The summed E-state index contributed by atoms with van der Waals surface area (Å²) in [4.78, 5) is 20.3. The van der Waals surface area contributed by atoms with Crippen LogP contribution in [0.15, 0.2) is 12.1 Å². The Hall–Kier alpha value is -0.840. The monoisotopic (exact) mass is 301 g/mol. The Balaban J connectivity index is 2.13. The molecule has 1 aromatic heterocycles. The third-order valence-corrected chi connectivity index (χ3v) is 3.86. The average Bonchev–Trinajstić information content (AvgIpc) is 2.36. The summed E-state index contributed by atoms with van der Waals surface area (Å²) in [7, 11) is 3.90. The van der Waals surface area contributed by atoms with E-state index in [-0.39, 0.29) is 22.3 Å². The lowest BCUT2D eigenvalue weighted by Crippen LogP contribution is -2.47. The summed E-state index contributed by atoms with van der Waals surface area (Å²) in [6.07, 6.45) is 2.13. The van der Waals surface area contributed by atoms with Crippen molar-refractivity contribution in [2.24, 2.45) is 0 Å². The van der Waals surface area contributed by atoms with Crippen LogP contribution in [0.1, 0.15) is 23.2 Å². The average molecular weight is 302 g/mol.